The van der Waals surface area contributed by atoms with E-state index in [1.54, 1.807) is 0 Å². The highest BCUT2D eigenvalue weighted by Crippen LogP contribution is 2.38. The van der Waals surface area contributed by atoms with Crippen LogP contribution in [0.3, 0.4) is 0 Å². The lowest BCUT2D eigenvalue weighted by molar-refractivity contribution is 0.0746. The summed E-state index contributed by atoms with van der Waals surface area (Å²) in [4.78, 5) is 0. The minimum absolute atomic E-state index is 0.436. The van der Waals surface area contributed by atoms with Gasteiger partial charge in [0, 0.05) is 0 Å². The maximum Gasteiger partial charge on any atom is 0.169 e. The predicted molar refractivity (Wildman–Crippen MR) is 50.9 cm³/mol. The molecule has 0 bridgehead atoms. The maximum absolute atomic E-state index is 5.71. The van der Waals surface area contributed by atoms with Gasteiger partial charge in [-0.2, -0.15) is 0 Å². The van der Waals surface area contributed by atoms with Crippen molar-refractivity contribution in [1.29, 1.82) is 0 Å². The Bertz CT molecular complexity index is 353. The minimum atomic E-state index is -0.436. The lowest BCUT2D eigenvalue weighted by Crippen LogP contribution is -2.36. The number of ether oxygens (including phenoxy) is 2. The first-order chi connectivity index (χ1) is 6.09. The number of hydrogen-bond acceptors (Lipinski definition) is 2. The summed E-state index contributed by atoms with van der Waals surface area (Å²) in [5, 5.41) is 0. The van der Waals surface area contributed by atoms with E-state index in [4.69, 9.17) is 9.47 Å². The quantitative estimate of drug-likeness (QED) is 0.605. The van der Waals surface area contributed by atoms with Gasteiger partial charge in [0.05, 0.1) is 0 Å². The number of rotatable bonds is 0. The standard InChI is InChI=1S/C11H12O2/c1-8-11(2,3)13-10-7-5-4-6-9(10)12-8/h4-7H,1H2,2-3H3. The molecule has 0 saturated heterocycles. The van der Waals surface area contributed by atoms with Crippen LogP contribution in [0.2, 0.25) is 0 Å². The van der Waals surface area contributed by atoms with Gasteiger partial charge in [0.25, 0.3) is 0 Å². The molecule has 0 fully saturated rings. The third-order valence-electron chi connectivity index (χ3n) is 2.12. The van der Waals surface area contributed by atoms with Gasteiger partial charge in [-0.3, -0.25) is 0 Å². The lowest BCUT2D eigenvalue weighted by Gasteiger charge is -2.33. The van der Waals surface area contributed by atoms with E-state index < -0.39 is 5.60 Å². The molecule has 0 unspecified atom stereocenters. The van der Waals surface area contributed by atoms with Crippen LogP contribution < -0.4 is 9.47 Å². The smallest absolute Gasteiger partial charge is 0.169 e. The predicted octanol–water partition coefficient (Wildman–Crippen LogP) is 2.75. The second-order valence-electron chi connectivity index (χ2n) is 3.58. The Balaban J connectivity index is 2.44. The molecule has 1 aromatic rings. The fraction of sp³-hybridized carbons (Fsp3) is 0.273. The molecule has 0 spiro atoms. The summed E-state index contributed by atoms with van der Waals surface area (Å²) >= 11 is 0. The van der Waals surface area contributed by atoms with Crippen LogP contribution in [0.5, 0.6) is 11.5 Å². The lowest BCUT2D eigenvalue weighted by atomic mass is 10.1. The van der Waals surface area contributed by atoms with Crippen molar-refractivity contribution in [2.45, 2.75) is 19.4 Å². The zero-order chi connectivity index (χ0) is 9.47. The van der Waals surface area contributed by atoms with Gasteiger partial charge in [-0.1, -0.05) is 18.7 Å². The first-order valence-corrected chi connectivity index (χ1v) is 4.25. The molecule has 0 amide bonds. The summed E-state index contributed by atoms with van der Waals surface area (Å²) in [6, 6.07) is 7.60. The largest absolute Gasteiger partial charge is 0.476 e. The Morgan fingerprint density at radius 3 is 2.46 bits per heavy atom. The molecule has 2 rings (SSSR count). The molecule has 0 aliphatic carbocycles. The van der Waals surface area contributed by atoms with Crippen LogP contribution in [0, 0.1) is 0 Å². The van der Waals surface area contributed by atoms with E-state index in [1.165, 1.54) is 0 Å². The van der Waals surface area contributed by atoms with Crippen LogP contribution in [0.15, 0.2) is 36.6 Å². The van der Waals surface area contributed by atoms with E-state index in [0.717, 1.165) is 11.5 Å². The van der Waals surface area contributed by atoms with E-state index >= 15 is 0 Å². The second-order valence-corrected chi connectivity index (χ2v) is 3.58. The van der Waals surface area contributed by atoms with Crippen molar-refractivity contribution < 1.29 is 9.47 Å². The maximum atomic E-state index is 5.71. The van der Waals surface area contributed by atoms with Gasteiger partial charge in [-0.15, -0.1) is 0 Å². The molecule has 13 heavy (non-hydrogen) atoms. The first kappa shape index (κ1) is 8.17. The van der Waals surface area contributed by atoms with Gasteiger partial charge in [0.2, 0.25) is 0 Å². The van der Waals surface area contributed by atoms with Gasteiger partial charge in [-0.05, 0) is 26.0 Å². The molecule has 0 saturated carbocycles. The second kappa shape index (κ2) is 2.52. The van der Waals surface area contributed by atoms with Crippen LogP contribution in [0.4, 0.5) is 0 Å². The average molecular weight is 176 g/mol. The van der Waals surface area contributed by atoms with Crippen molar-refractivity contribution >= 4 is 0 Å². The highest BCUT2D eigenvalue weighted by molar-refractivity contribution is 5.44. The van der Waals surface area contributed by atoms with E-state index in [9.17, 15) is 0 Å². The molecule has 0 atom stereocenters. The number of benzene rings is 1. The zero-order valence-corrected chi connectivity index (χ0v) is 7.83. The van der Waals surface area contributed by atoms with Crippen LogP contribution in [0.25, 0.3) is 0 Å². The van der Waals surface area contributed by atoms with E-state index in [-0.39, 0.29) is 0 Å². The Kier molecular flexibility index (Phi) is 1.59. The molecular weight excluding hydrogens is 164 g/mol. The van der Waals surface area contributed by atoms with Crippen molar-refractivity contribution in [3.8, 4) is 11.5 Å². The summed E-state index contributed by atoms with van der Waals surface area (Å²) in [6.45, 7) is 7.69. The fourth-order valence-electron chi connectivity index (χ4n) is 1.21. The SMILES string of the molecule is C=C1Oc2ccccc2OC1(C)C. The van der Waals surface area contributed by atoms with Crippen molar-refractivity contribution in [3.63, 3.8) is 0 Å². The molecule has 2 nitrogen and oxygen atoms in total. The number of hydrogen-bond donors (Lipinski definition) is 0. The molecule has 0 N–H and O–H groups in total. The molecule has 1 aliphatic heterocycles. The van der Waals surface area contributed by atoms with Crippen molar-refractivity contribution in [2.75, 3.05) is 0 Å². The summed E-state index contributed by atoms with van der Waals surface area (Å²) < 4.78 is 11.2. The normalized spacial score (nSPS) is 18.5. The Morgan fingerprint density at radius 2 is 1.77 bits per heavy atom. The van der Waals surface area contributed by atoms with E-state index in [1.807, 2.05) is 38.1 Å². The molecule has 2 heteroatoms. The molecule has 1 aliphatic rings. The van der Waals surface area contributed by atoms with Crippen molar-refractivity contribution in [1.82, 2.24) is 0 Å². The summed E-state index contributed by atoms with van der Waals surface area (Å²) in [7, 11) is 0. The number of para-hydroxylation sites is 2. The first-order valence-electron chi connectivity index (χ1n) is 4.25. The summed E-state index contributed by atoms with van der Waals surface area (Å²) in [5.74, 6) is 2.16. The molecule has 68 valence electrons. The highest BCUT2D eigenvalue weighted by Gasteiger charge is 2.31. The van der Waals surface area contributed by atoms with Crippen LogP contribution in [-0.4, -0.2) is 5.60 Å². The van der Waals surface area contributed by atoms with Crippen molar-refractivity contribution in [2.24, 2.45) is 0 Å². The molecule has 1 heterocycles. The summed E-state index contributed by atoms with van der Waals surface area (Å²) in [6.07, 6.45) is 0. The molecule has 1 aromatic carbocycles. The molecule has 0 aromatic heterocycles. The van der Waals surface area contributed by atoms with Gasteiger partial charge >= 0.3 is 0 Å². The van der Waals surface area contributed by atoms with Crippen LogP contribution in [0.1, 0.15) is 13.8 Å². The monoisotopic (exact) mass is 176 g/mol. The Hall–Kier alpha value is -1.44. The fourth-order valence-corrected chi connectivity index (χ4v) is 1.21. The Morgan fingerprint density at radius 1 is 1.15 bits per heavy atom. The highest BCUT2D eigenvalue weighted by atomic mass is 16.6. The van der Waals surface area contributed by atoms with Gasteiger partial charge in [0.1, 0.15) is 5.76 Å². The van der Waals surface area contributed by atoms with E-state index in [0.29, 0.717) is 5.76 Å². The van der Waals surface area contributed by atoms with Gasteiger partial charge < -0.3 is 9.47 Å². The number of fused-ring (bicyclic) bond motifs is 1. The third-order valence-corrected chi connectivity index (χ3v) is 2.12. The average Bonchev–Trinajstić information content (AvgIpc) is 2.06. The zero-order valence-electron chi connectivity index (χ0n) is 7.83. The topological polar surface area (TPSA) is 18.5 Å². The Labute approximate surface area is 77.8 Å². The summed E-state index contributed by atoms with van der Waals surface area (Å²) in [5.41, 5.74) is -0.436. The van der Waals surface area contributed by atoms with Crippen LogP contribution >= 0.6 is 0 Å². The van der Waals surface area contributed by atoms with Gasteiger partial charge in [0.15, 0.2) is 17.1 Å². The van der Waals surface area contributed by atoms with Crippen LogP contribution in [-0.2, 0) is 0 Å². The van der Waals surface area contributed by atoms with E-state index in [2.05, 4.69) is 6.58 Å². The molecular formula is C11H12O2. The van der Waals surface area contributed by atoms with Gasteiger partial charge in [-0.25, -0.2) is 0 Å². The van der Waals surface area contributed by atoms with Crippen molar-refractivity contribution in [3.05, 3.63) is 36.6 Å². The molecule has 0 radical (unpaired) electrons. The third kappa shape index (κ3) is 1.28. The minimum Gasteiger partial charge on any atom is -0.476 e.